The lowest BCUT2D eigenvalue weighted by Gasteiger charge is -2.25. The van der Waals surface area contributed by atoms with Crippen LogP contribution in [0.1, 0.15) is 38.9 Å². The third kappa shape index (κ3) is 9.92. The fourth-order valence-electron chi connectivity index (χ4n) is 7.19. The highest BCUT2D eigenvalue weighted by Crippen LogP contribution is 2.37. The van der Waals surface area contributed by atoms with Crippen molar-refractivity contribution in [2.24, 2.45) is 0 Å². The van der Waals surface area contributed by atoms with Crippen LogP contribution in [0.4, 0.5) is 34.1 Å². The van der Waals surface area contributed by atoms with Crippen LogP contribution in [0.2, 0.25) is 0 Å². The highest BCUT2D eigenvalue weighted by molar-refractivity contribution is 5.81. The molecule has 5 heteroatoms. The molecule has 300 valence electrons. The maximum atomic E-state index is 10.0. The van der Waals surface area contributed by atoms with Crippen LogP contribution in [0.5, 0.6) is 11.5 Å². The van der Waals surface area contributed by atoms with Crippen molar-refractivity contribution >= 4 is 70.6 Å². The molecule has 0 heterocycles. The van der Waals surface area contributed by atoms with Gasteiger partial charge in [-0.1, -0.05) is 134 Å². The molecule has 8 rings (SSSR count). The standard InChI is InChI=1S/C57H45N3O2/c1-61-56-37-33-54(34-38-56)59(50-9-5-3-6-10-50)52-29-23-45(24-30-52)18-15-43-13-16-44(17-14-43)21-27-48-28-22-47(41-49(48)42-58)20-19-46-25-31-53(32-26-46)60(51-11-7-4-8-12-51)55-35-39-57(62-2)40-36-55/h3-41H,1-2H3/b18-15-,20-19-,27-21-. The molecule has 0 unspecified atom stereocenters. The molecule has 0 atom stereocenters. The van der Waals surface area contributed by atoms with E-state index in [1.54, 1.807) is 14.2 Å². The van der Waals surface area contributed by atoms with Crippen LogP contribution in [0.25, 0.3) is 36.5 Å². The number of ether oxygens (including phenoxy) is 2. The van der Waals surface area contributed by atoms with Crippen LogP contribution in [-0.4, -0.2) is 14.2 Å². The van der Waals surface area contributed by atoms with Crippen molar-refractivity contribution in [2.75, 3.05) is 24.0 Å². The Morgan fingerprint density at radius 2 is 0.661 bits per heavy atom. The molecule has 0 amide bonds. The molecule has 0 spiro atoms. The smallest absolute Gasteiger partial charge is 0.119 e. The van der Waals surface area contributed by atoms with Crippen molar-refractivity contribution in [2.45, 2.75) is 0 Å². The minimum atomic E-state index is 0.623. The van der Waals surface area contributed by atoms with Gasteiger partial charge in [0, 0.05) is 34.1 Å². The summed E-state index contributed by atoms with van der Waals surface area (Å²) in [6.07, 6.45) is 12.4. The topological polar surface area (TPSA) is 48.7 Å². The zero-order valence-corrected chi connectivity index (χ0v) is 34.7. The molecule has 5 nitrogen and oxygen atoms in total. The van der Waals surface area contributed by atoms with Crippen LogP contribution in [0, 0.1) is 11.3 Å². The summed E-state index contributed by atoms with van der Waals surface area (Å²) >= 11 is 0. The Kier molecular flexibility index (Phi) is 12.8. The van der Waals surface area contributed by atoms with Gasteiger partial charge in [-0.25, -0.2) is 0 Å². The number of rotatable bonds is 14. The summed E-state index contributed by atoms with van der Waals surface area (Å²) in [5.41, 5.74) is 13.2. The normalized spacial score (nSPS) is 11.2. The average Bonchev–Trinajstić information content (AvgIpc) is 3.34. The van der Waals surface area contributed by atoms with Gasteiger partial charge in [0.2, 0.25) is 0 Å². The molecule has 8 aromatic carbocycles. The van der Waals surface area contributed by atoms with Crippen LogP contribution < -0.4 is 19.3 Å². The number of methoxy groups -OCH3 is 2. The average molecular weight is 804 g/mol. The number of nitrogens with zero attached hydrogens (tertiary/aromatic N) is 3. The van der Waals surface area contributed by atoms with Gasteiger partial charge in [-0.15, -0.1) is 0 Å². The maximum Gasteiger partial charge on any atom is 0.119 e. The van der Waals surface area contributed by atoms with Crippen LogP contribution in [-0.2, 0) is 0 Å². The summed E-state index contributed by atoms with van der Waals surface area (Å²) in [7, 11) is 3.36. The van der Waals surface area contributed by atoms with E-state index in [-0.39, 0.29) is 0 Å². The Hall–Kier alpha value is -8.33. The largest absolute Gasteiger partial charge is 0.497 e. The summed E-state index contributed by atoms with van der Waals surface area (Å²) in [6.45, 7) is 0. The lowest BCUT2D eigenvalue weighted by molar-refractivity contribution is 0.414. The first-order chi connectivity index (χ1) is 30.6. The van der Waals surface area contributed by atoms with Crippen LogP contribution in [0.15, 0.2) is 200 Å². The molecule has 0 fully saturated rings. The van der Waals surface area contributed by atoms with E-state index in [9.17, 15) is 5.26 Å². The Labute approximate surface area is 364 Å². The second kappa shape index (κ2) is 19.6. The third-order valence-corrected chi connectivity index (χ3v) is 10.5. The Morgan fingerprint density at radius 1 is 0.355 bits per heavy atom. The second-order valence-corrected chi connectivity index (χ2v) is 14.5. The first-order valence-electron chi connectivity index (χ1n) is 20.4. The van der Waals surface area contributed by atoms with Gasteiger partial charge in [0.05, 0.1) is 25.9 Å². The number of para-hydroxylation sites is 2. The Morgan fingerprint density at radius 3 is 1.03 bits per heavy atom. The van der Waals surface area contributed by atoms with Gasteiger partial charge in [0.25, 0.3) is 0 Å². The minimum Gasteiger partial charge on any atom is -0.497 e. The van der Waals surface area contributed by atoms with E-state index in [1.807, 2.05) is 85.0 Å². The summed E-state index contributed by atoms with van der Waals surface area (Å²) in [5, 5.41) is 10.0. The molecular weight excluding hydrogens is 759 g/mol. The molecule has 8 aromatic rings. The second-order valence-electron chi connectivity index (χ2n) is 14.5. The van der Waals surface area contributed by atoms with Gasteiger partial charge in [0.1, 0.15) is 11.5 Å². The van der Waals surface area contributed by atoms with Gasteiger partial charge in [-0.3, -0.25) is 0 Å². The predicted molar refractivity (Wildman–Crippen MR) is 260 cm³/mol. The van der Waals surface area contributed by atoms with E-state index in [4.69, 9.17) is 9.47 Å². The molecule has 0 N–H and O–H groups in total. The lowest BCUT2D eigenvalue weighted by atomic mass is 10.0. The maximum absolute atomic E-state index is 10.0. The van der Waals surface area contributed by atoms with Crippen molar-refractivity contribution in [3.63, 3.8) is 0 Å². The SMILES string of the molecule is COc1ccc(N(c2ccccc2)c2ccc(/C=C\c3ccc(/C=C\c4ccc(/C=C\c5ccc(N(c6ccccc6)c6ccc(OC)cc6)cc5)cc4C#N)cc3)cc2)cc1. The number of hydrogen-bond acceptors (Lipinski definition) is 5. The predicted octanol–water partition coefficient (Wildman–Crippen LogP) is 15.0. The molecule has 0 aromatic heterocycles. The first-order valence-corrected chi connectivity index (χ1v) is 20.4. The van der Waals surface area contributed by atoms with E-state index in [0.29, 0.717) is 5.56 Å². The quantitative estimate of drug-likeness (QED) is 0.103. The molecule has 0 aliphatic rings. The summed E-state index contributed by atoms with van der Waals surface area (Å²) in [5.74, 6) is 1.64. The van der Waals surface area contributed by atoms with E-state index >= 15 is 0 Å². The van der Waals surface area contributed by atoms with Gasteiger partial charge in [0.15, 0.2) is 0 Å². The number of anilines is 6. The Bertz CT molecular complexity index is 2820. The fraction of sp³-hybridized carbons (Fsp3) is 0.0351. The number of hydrogen-bond donors (Lipinski definition) is 0. The number of nitriles is 1. The lowest BCUT2D eigenvalue weighted by Crippen LogP contribution is -2.09. The van der Waals surface area contributed by atoms with E-state index in [1.165, 1.54) is 0 Å². The molecule has 0 bridgehead atoms. The third-order valence-electron chi connectivity index (χ3n) is 10.5. The van der Waals surface area contributed by atoms with Crippen molar-refractivity contribution in [1.82, 2.24) is 0 Å². The van der Waals surface area contributed by atoms with Gasteiger partial charge in [-0.2, -0.15) is 5.26 Å². The number of benzene rings is 8. The molecular formula is C57H45N3O2. The molecule has 0 radical (unpaired) electrons. The van der Waals surface area contributed by atoms with E-state index in [0.717, 1.165) is 79.0 Å². The monoisotopic (exact) mass is 803 g/mol. The van der Waals surface area contributed by atoms with Crippen molar-refractivity contribution in [3.8, 4) is 17.6 Å². The first kappa shape index (κ1) is 40.4. The van der Waals surface area contributed by atoms with E-state index in [2.05, 4.69) is 168 Å². The summed E-state index contributed by atoms with van der Waals surface area (Å²) < 4.78 is 10.8. The zero-order chi connectivity index (χ0) is 42.5. The molecule has 0 aliphatic heterocycles. The highest BCUT2D eigenvalue weighted by atomic mass is 16.5. The highest BCUT2D eigenvalue weighted by Gasteiger charge is 2.14. The molecule has 0 aliphatic carbocycles. The summed E-state index contributed by atoms with van der Waals surface area (Å²) in [4.78, 5) is 4.45. The van der Waals surface area contributed by atoms with Crippen molar-refractivity contribution in [3.05, 3.63) is 239 Å². The molecule has 0 saturated heterocycles. The minimum absolute atomic E-state index is 0.623. The molecule has 62 heavy (non-hydrogen) atoms. The fourth-order valence-corrected chi connectivity index (χ4v) is 7.19. The zero-order valence-electron chi connectivity index (χ0n) is 34.7. The Balaban J connectivity index is 0.903. The van der Waals surface area contributed by atoms with E-state index < -0.39 is 0 Å². The van der Waals surface area contributed by atoms with Gasteiger partial charge in [-0.05, 0) is 137 Å². The van der Waals surface area contributed by atoms with Crippen molar-refractivity contribution < 1.29 is 9.47 Å². The molecule has 0 saturated carbocycles. The van der Waals surface area contributed by atoms with Gasteiger partial charge >= 0.3 is 0 Å². The van der Waals surface area contributed by atoms with Crippen LogP contribution >= 0.6 is 0 Å². The van der Waals surface area contributed by atoms with Crippen LogP contribution in [0.3, 0.4) is 0 Å². The van der Waals surface area contributed by atoms with Gasteiger partial charge < -0.3 is 19.3 Å². The van der Waals surface area contributed by atoms with Crippen molar-refractivity contribution in [1.29, 1.82) is 5.26 Å². The summed E-state index contributed by atoms with van der Waals surface area (Å²) in [6, 6.07) is 70.7.